The second-order valence-electron chi connectivity index (χ2n) is 9.69. The average Bonchev–Trinajstić information content (AvgIpc) is 2.74. The predicted octanol–water partition coefficient (Wildman–Crippen LogP) is 6.45. The summed E-state index contributed by atoms with van der Waals surface area (Å²) in [6.45, 7) is 6.82. The Balaban J connectivity index is 1.42. The van der Waals surface area contributed by atoms with Gasteiger partial charge in [-0.2, -0.15) is 0 Å². The van der Waals surface area contributed by atoms with E-state index in [-0.39, 0.29) is 11.9 Å². The first kappa shape index (κ1) is 23.3. The Morgan fingerprint density at radius 1 is 1.06 bits per heavy atom. The number of aryl methyl sites for hydroxylation is 2. The van der Waals surface area contributed by atoms with Gasteiger partial charge >= 0.3 is 5.97 Å². The third-order valence-electron chi connectivity index (χ3n) is 5.79. The second-order valence-corrected chi connectivity index (χ2v) is 9.69. The maximum atomic E-state index is 12.4. The van der Waals surface area contributed by atoms with E-state index in [1.54, 1.807) is 0 Å². The molecule has 1 N–H and O–H groups in total. The number of anilines is 1. The van der Waals surface area contributed by atoms with Crippen molar-refractivity contribution >= 4 is 11.8 Å². The number of esters is 1. The maximum absolute atomic E-state index is 12.4. The lowest BCUT2D eigenvalue weighted by Gasteiger charge is -2.22. The number of nitrogens with zero attached hydrogens (tertiary/aromatic N) is 1. The lowest BCUT2D eigenvalue weighted by molar-refractivity contribution is -0.155. The topological polar surface area (TPSA) is 51.2 Å². The molecule has 0 bridgehead atoms. The normalized spacial score (nSPS) is 14.4. The predicted molar refractivity (Wildman–Crippen MR) is 127 cm³/mol. The van der Waals surface area contributed by atoms with Gasteiger partial charge in [-0.1, -0.05) is 55.7 Å². The van der Waals surface area contributed by atoms with E-state index in [0.29, 0.717) is 6.42 Å². The van der Waals surface area contributed by atoms with Crippen LogP contribution in [-0.4, -0.2) is 23.1 Å². The second kappa shape index (κ2) is 11.3. The number of hydrogen-bond donors (Lipinski definition) is 1. The smallest absolute Gasteiger partial charge is 0.306 e. The van der Waals surface area contributed by atoms with Crippen LogP contribution in [0.3, 0.4) is 0 Å². The van der Waals surface area contributed by atoms with Gasteiger partial charge in [-0.15, -0.1) is 0 Å². The zero-order chi connectivity index (χ0) is 22.1. The Bertz CT molecular complexity index is 827. The molecular formula is C27H38N2O2. The number of carbonyl (C=O) groups excluding carboxylic acids is 1. The molecule has 0 amide bonds. The Morgan fingerprint density at radius 2 is 1.84 bits per heavy atom. The number of unbranched alkanes of at least 4 members (excludes halogenated alkanes) is 3. The van der Waals surface area contributed by atoms with Crippen molar-refractivity contribution in [2.45, 2.75) is 90.1 Å². The number of hydrogen-bond acceptors (Lipinski definition) is 4. The van der Waals surface area contributed by atoms with Crippen LogP contribution in [0.4, 0.5) is 5.82 Å². The summed E-state index contributed by atoms with van der Waals surface area (Å²) < 4.78 is 5.57. The quantitative estimate of drug-likeness (QED) is 0.353. The first-order chi connectivity index (χ1) is 14.9. The first-order valence-corrected chi connectivity index (χ1v) is 11.9. The molecule has 2 aromatic rings. The molecule has 0 saturated carbocycles. The van der Waals surface area contributed by atoms with E-state index >= 15 is 0 Å². The standard InChI is InChI=1S/C27H38N2O2/c1-27(2,3)31-25(30)20-23(21-12-8-6-9-13-21)14-7-4-5-10-16-24-18-17-22-15-11-19-28-26(22)29-24/h6,8-9,12-13,17-18,23H,4-5,7,10-11,14-16,19-20H2,1-3H3,(H,28,29). The summed E-state index contributed by atoms with van der Waals surface area (Å²) in [5.41, 5.74) is 3.35. The Morgan fingerprint density at radius 3 is 2.61 bits per heavy atom. The molecule has 0 radical (unpaired) electrons. The van der Waals surface area contributed by atoms with Crippen molar-refractivity contribution in [3.05, 3.63) is 59.3 Å². The van der Waals surface area contributed by atoms with Crippen LogP contribution < -0.4 is 5.32 Å². The highest BCUT2D eigenvalue weighted by molar-refractivity contribution is 5.71. The molecule has 1 aromatic carbocycles. The van der Waals surface area contributed by atoms with Gasteiger partial charge in [-0.3, -0.25) is 4.79 Å². The van der Waals surface area contributed by atoms with Crippen molar-refractivity contribution in [3.63, 3.8) is 0 Å². The molecule has 0 saturated heterocycles. The van der Waals surface area contributed by atoms with Crippen LogP contribution in [0.25, 0.3) is 0 Å². The number of pyridine rings is 1. The molecule has 1 atom stereocenters. The number of rotatable bonds is 10. The van der Waals surface area contributed by atoms with Crippen molar-refractivity contribution in [1.82, 2.24) is 4.98 Å². The third kappa shape index (κ3) is 8.01. The van der Waals surface area contributed by atoms with Gasteiger partial charge in [0.05, 0.1) is 6.42 Å². The molecule has 4 heteroatoms. The zero-order valence-electron chi connectivity index (χ0n) is 19.5. The van der Waals surface area contributed by atoms with Crippen molar-refractivity contribution in [3.8, 4) is 0 Å². The van der Waals surface area contributed by atoms with Crippen LogP contribution in [0.1, 0.15) is 88.5 Å². The van der Waals surface area contributed by atoms with E-state index in [4.69, 9.17) is 9.72 Å². The van der Waals surface area contributed by atoms with Gasteiger partial charge in [-0.05, 0) is 76.0 Å². The summed E-state index contributed by atoms with van der Waals surface area (Å²) in [4.78, 5) is 17.2. The van der Waals surface area contributed by atoms with E-state index in [1.165, 1.54) is 36.1 Å². The molecule has 2 heterocycles. The summed E-state index contributed by atoms with van der Waals surface area (Å²) in [5, 5.41) is 3.42. The lowest BCUT2D eigenvalue weighted by atomic mass is 9.90. The minimum Gasteiger partial charge on any atom is -0.460 e. The Labute approximate surface area is 187 Å². The SMILES string of the molecule is CC(C)(C)OC(=O)CC(CCCCCCc1ccc2c(n1)NCCC2)c1ccccc1. The van der Waals surface area contributed by atoms with Crippen LogP contribution in [0.15, 0.2) is 42.5 Å². The fourth-order valence-electron chi connectivity index (χ4n) is 4.25. The highest BCUT2D eigenvalue weighted by Gasteiger charge is 2.21. The highest BCUT2D eigenvalue weighted by atomic mass is 16.6. The highest BCUT2D eigenvalue weighted by Crippen LogP contribution is 2.28. The fourth-order valence-corrected chi connectivity index (χ4v) is 4.25. The van der Waals surface area contributed by atoms with Gasteiger partial charge in [0.25, 0.3) is 0 Å². The van der Waals surface area contributed by atoms with Crippen molar-refractivity contribution in [2.75, 3.05) is 11.9 Å². The molecule has 168 valence electrons. The summed E-state index contributed by atoms with van der Waals surface area (Å²) in [6.07, 6.45) is 9.51. The molecular weight excluding hydrogens is 384 g/mol. The summed E-state index contributed by atoms with van der Waals surface area (Å²) in [6, 6.07) is 14.8. The van der Waals surface area contributed by atoms with Gasteiger partial charge in [0.15, 0.2) is 0 Å². The van der Waals surface area contributed by atoms with Crippen molar-refractivity contribution in [2.24, 2.45) is 0 Å². The van der Waals surface area contributed by atoms with Crippen LogP contribution in [0, 0.1) is 0 Å². The average molecular weight is 423 g/mol. The number of nitrogens with one attached hydrogen (secondary N) is 1. The van der Waals surface area contributed by atoms with Crippen LogP contribution in [0.2, 0.25) is 0 Å². The Kier molecular flexibility index (Phi) is 8.51. The third-order valence-corrected chi connectivity index (χ3v) is 5.79. The molecule has 0 spiro atoms. The molecule has 1 aliphatic heterocycles. The number of aromatic nitrogens is 1. The number of ether oxygens (including phenoxy) is 1. The van der Waals surface area contributed by atoms with Crippen molar-refractivity contribution < 1.29 is 9.53 Å². The minimum atomic E-state index is -0.432. The lowest BCUT2D eigenvalue weighted by Crippen LogP contribution is -2.25. The summed E-state index contributed by atoms with van der Waals surface area (Å²) in [5.74, 6) is 1.22. The van der Waals surface area contributed by atoms with Gasteiger partial charge in [0.2, 0.25) is 0 Å². The molecule has 1 aromatic heterocycles. The first-order valence-electron chi connectivity index (χ1n) is 11.9. The molecule has 31 heavy (non-hydrogen) atoms. The minimum absolute atomic E-state index is 0.103. The van der Waals surface area contributed by atoms with Crippen molar-refractivity contribution in [1.29, 1.82) is 0 Å². The summed E-state index contributed by atoms with van der Waals surface area (Å²) in [7, 11) is 0. The number of fused-ring (bicyclic) bond motifs is 1. The van der Waals surface area contributed by atoms with Crippen LogP contribution >= 0.6 is 0 Å². The number of carbonyl (C=O) groups is 1. The Hall–Kier alpha value is -2.36. The molecule has 1 unspecified atom stereocenters. The monoisotopic (exact) mass is 422 g/mol. The molecule has 0 aliphatic carbocycles. The van der Waals surface area contributed by atoms with E-state index in [0.717, 1.165) is 44.5 Å². The van der Waals surface area contributed by atoms with Gasteiger partial charge in [-0.25, -0.2) is 4.98 Å². The van der Waals surface area contributed by atoms with E-state index in [1.807, 2.05) is 26.8 Å². The van der Waals surface area contributed by atoms with E-state index < -0.39 is 5.60 Å². The van der Waals surface area contributed by atoms with Crippen LogP contribution in [0.5, 0.6) is 0 Å². The van der Waals surface area contributed by atoms with E-state index in [2.05, 4.69) is 41.7 Å². The molecule has 0 fully saturated rings. The molecule has 1 aliphatic rings. The van der Waals surface area contributed by atoms with Gasteiger partial charge < -0.3 is 10.1 Å². The van der Waals surface area contributed by atoms with E-state index in [9.17, 15) is 4.79 Å². The van der Waals surface area contributed by atoms with Gasteiger partial charge in [0.1, 0.15) is 11.4 Å². The zero-order valence-corrected chi connectivity index (χ0v) is 19.5. The molecule has 3 rings (SSSR count). The maximum Gasteiger partial charge on any atom is 0.306 e. The fraction of sp³-hybridized carbons (Fsp3) is 0.556. The number of benzene rings is 1. The molecule has 4 nitrogen and oxygen atoms in total. The largest absolute Gasteiger partial charge is 0.460 e. The van der Waals surface area contributed by atoms with Gasteiger partial charge in [0, 0.05) is 12.2 Å². The van der Waals surface area contributed by atoms with Crippen LogP contribution in [-0.2, 0) is 22.4 Å². The summed E-state index contributed by atoms with van der Waals surface area (Å²) >= 11 is 0.